The lowest BCUT2D eigenvalue weighted by molar-refractivity contribution is 0.0681. The Bertz CT molecular complexity index is 3340. The first-order valence-electron chi connectivity index (χ1n) is 27.9. The van der Waals surface area contributed by atoms with E-state index in [2.05, 4.69) is 61.9 Å². The minimum atomic E-state index is -0.491. The van der Waals surface area contributed by atoms with Crippen LogP contribution in [0, 0.1) is 5.92 Å². The molecule has 12 rings (SSSR count). The van der Waals surface area contributed by atoms with Gasteiger partial charge in [0.05, 0.1) is 41.9 Å². The van der Waals surface area contributed by atoms with E-state index in [9.17, 15) is 10.2 Å². The van der Waals surface area contributed by atoms with Crippen molar-refractivity contribution in [3.8, 4) is 33.8 Å². The van der Waals surface area contributed by atoms with Gasteiger partial charge in [0.25, 0.3) is 0 Å². The molecule has 414 valence electrons. The number of fused-ring (bicyclic) bond motifs is 3. The van der Waals surface area contributed by atoms with Gasteiger partial charge in [0.15, 0.2) is 0 Å². The van der Waals surface area contributed by atoms with Crippen molar-refractivity contribution in [2.45, 2.75) is 126 Å². The Labute approximate surface area is 460 Å². The van der Waals surface area contributed by atoms with Crippen molar-refractivity contribution < 1.29 is 20.1 Å². The number of aromatic nitrogens is 12. The van der Waals surface area contributed by atoms with Crippen molar-refractivity contribution in [1.29, 1.82) is 0 Å². The zero-order chi connectivity index (χ0) is 54.5. The number of ether oxygens (including phenoxy) is 1. The molecule has 3 saturated carbocycles. The van der Waals surface area contributed by atoms with Gasteiger partial charge in [-0.25, -0.2) is 44.9 Å². The predicted molar refractivity (Wildman–Crippen MR) is 309 cm³/mol. The molecule has 1 unspecified atom stereocenters. The Balaban J connectivity index is 0.000000135. The second-order valence-corrected chi connectivity index (χ2v) is 21.4. The highest BCUT2D eigenvalue weighted by Crippen LogP contribution is 2.33. The molecular weight excluding hydrogens is 997 g/mol. The number of likely N-dealkylation sites (N-methyl/N-ethyl adjacent to an activating group) is 1. The van der Waals surface area contributed by atoms with Gasteiger partial charge in [-0.3, -0.25) is 0 Å². The molecule has 0 bridgehead atoms. The number of rotatable bonds is 16. The molecule has 79 heavy (non-hydrogen) atoms. The number of hydrogen-bond acceptors (Lipinski definition) is 17. The summed E-state index contributed by atoms with van der Waals surface area (Å²) < 4.78 is 7.43. The Kier molecular flexibility index (Phi) is 18.4. The molecular formula is C59H74N16O4. The summed E-state index contributed by atoms with van der Waals surface area (Å²) in [5, 5.41) is 42.7. The lowest BCUT2D eigenvalue weighted by Crippen LogP contribution is -2.29. The van der Waals surface area contributed by atoms with E-state index in [1.54, 1.807) is 44.3 Å². The molecule has 0 radical (unpaired) electrons. The van der Waals surface area contributed by atoms with Crippen LogP contribution in [-0.4, -0.2) is 150 Å². The van der Waals surface area contributed by atoms with Gasteiger partial charge in [0, 0.05) is 127 Å². The minimum Gasteiger partial charge on any atom is -0.396 e. The number of methoxy groups -OCH3 is 1. The second kappa shape index (κ2) is 26.4. The largest absolute Gasteiger partial charge is 0.396 e. The molecule has 0 saturated heterocycles. The van der Waals surface area contributed by atoms with Crippen molar-refractivity contribution in [2.24, 2.45) is 5.92 Å². The van der Waals surface area contributed by atoms with Crippen LogP contribution in [0.3, 0.4) is 0 Å². The van der Waals surface area contributed by atoms with Gasteiger partial charge in [-0.1, -0.05) is 0 Å². The van der Waals surface area contributed by atoms with Gasteiger partial charge in [-0.05, 0) is 158 Å². The van der Waals surface area contributed by atoms with E-state index in [0.717, 1.165) is 150 Å². The molecule has 9 aromatic rings. The number of H-pyrrole nitrogens is 2. The Hall–Kier alpha value is -7.49. The summed E-state index contributed by atoms with van der Waals surface area (Å²) in [5.41, 5.74) is 8.25. The third-order valence-corrected chi connectivity index (χ3v) is 15.4. The number of aliphatic hydroxyl groups excluding tert-OH is 3. The summed E-state index contributed by atoms with van der Waals surface area (Å²) in [6, 6.07) is 18.8. The van der Waals surface area contributed by atoms with Crippen molar-refractivity contribution in [1.82, 2.24) is 64.3 Å². The molecule has 3 aliphatic rings. The van der Waals surface area contributed by atoms with Crippen molar-refractivity contribution >= 4 is 50.9 Å². The number of anilines is 3. The predicted octanol–water partition coefficient (Wildman–Crippen LogP) is 8.89. The van der Waals surface area contributed by atoms with Crippen LogP contribution in [0.4, 0.5) is 17.8 Å². The first-order valence-corrected chi connectivity index (χ1v) is 27.9. The first-order chi connectivity index (χ1) is 38.7. The standard InChI is InChI=1S/C22H30N6O2.C19H23N5O.C18H21N5O/c1-27(2)12-17(30)13-28-14-19(18-4-3-10-23-21(18)28)20-9-11-24-22(26-20)25-15-5-7-16(29)8-6-15;25-11-8-13-3-5-14(6-4-13)23-19-21-10-7-17(24-19)16-12-22-18-15(16)2-1-9-20-18;1-24-13-6-4-12(5-7-13)22-18-20-10-8-16(23-18)15-11-21-17-14(15)3-2-9-19-17/h3-4,9-11,14-17,29-30H,5-8,12-13H2,1-2H3,(H,24,25,26);1-2,7,9-10,12-14,25H,3-6,8,11H2,(H,20,22)(H,21,23,24);2-3,8-13H,4-7H2,1H3,(H,19,21)(H,20,22,23). The van der Waals surface area contributed by atoms with E-state index < -0.39 is 6.10 Å². The Morgan fingerprint density at radius 3 is 1.56 bits per heavy atom. The van der Waals surface area contributed by atoms with Crippen molar-refractivity contribution in [3.63, 3.8) is 0 Å². The van der Waals surface area contributed by atoms with E-state index in [4.69, 9.17) is 24.8 Å². The van der Waals surface area contributed by atoms with Crippen LogP contribution in [0.15, 0.2) is 110 Å². The van der Waals surface area contributed by atoms with Gasteiger partial charge in [0.1, 0.15) is 16.9 Å². The summed E-state index contributed by atoms with van der Waals surface area (Å²) >= 11 is 0. The summed E-state index contributed by atoms with van der Waals surface area (Å²) in [5.74, 6) is 2.63. The van der Waals surface area contributed by atoms with Crippen LogP contribution in [0.2, 0.25) is 0 Å². The maximum Gasteiger partial charge on any atom is 0.223 e. The second-order valence-electron chi connectivity index (χ2n) is 21.4. The Morgan fingerprint density at radius 1 is 0.595 bits per heavy atom. The lowest BCUT2D eigenvalue weighted by Gasteiger charge is -2.28. The van der Waals surface area contributed by atoms with Crippen LogP contribution < -0.4 is 16.0 Å². The Morgan fingerprint density at radius 2 is 1.06 bits per heavy atom. The number of pyridine rings is 3. The van der Waals surface area contributed by atoms with E-state index in [1.807, 2.05) is 90.7 Å². The molecule has 0 amide bonds. The average molecular weight is 1070 g/mol. The van der Waals surface area contributed by atoms with Crippen LogP contribution in [0.25, 0.3) is 66.9 Å². The topological polar surface area (TPSA) is 262 Å². The fraction of sp³-hybridized carbons (Fsp3) is 0.441. The molecule has 20 heteroatoms. The molecule has 0 aromatic carbocycles. The van der Waals surface area contributed by atoms with E-state index in [0.29, 0.717) is 61.6 Å². The number of nitrogens with one attached hydrogen (secondary N) is 5. The minimum absolute atomic E-state index is 0.184. The quantitative estimate of drug-likeness (QED) is 0.0449. The van der Waals surface area contributed by atoms with Crippen molar-refractivity contribution in [2.75, 3.05) is 50.3 Å². The third kappa shape index (κ3) is 14.2. The molecule has 9 heterocycles. The maximum atomic E-state index is 10.4. The summed E-state index contributed by atoms with van der Waals surface area (Å²) in [4.78, 5) is 48.9. The smallest absolute Gasteiger partial charge is 0.223 e. The normalized spacial score (nSPS) is 20.7. The SMILES string of the molecule is CN(C)CC(O)Cn1cc(-c2ccnc(NC3CCC(O)CC3)n2)c2cccnc21.COC1CCC(Nc2nccc(-c3c[nH]c4ncccc34)n2)CC1.OCCC1CCC(Nc2nccc(-c3c[nH]c4ncccc34)n2)CC1. The molecule has 9 aromatic heterocycles. The zero-order valence-corrected chi connectivity index (χ0v) is 45.4. The highest BCUT2D eigenvalue weighted by molar-refractivity contribution is 5.94. The molecule has 3 fully saturated rings. The number of aromatic amines is 2. The molecule has 3 aliphatic carbocycles. The fourth-order valence-electron chi connectivity index (χ4n) is 11.2. The molecule has 1 atom stereocenters. The third-order valence-electron chi connectivity index (χ3n) is 15.4. The maximum absolute atomic E-state index is 10.4. The summed E-state index contributed by atoms with van der Waals surface area (Å²) in [7, 11) is 5.69. The monoisotopic (exact) mass is 1070 g/mol. The molecule has 8 N–H and O–H groups in total. The van der Waals surface area contributed by atoms with Crippen LogP contribution in [0.5, 0.6) is 0 Å². The van der Waals surface area contributed by atoms with Crippen LogP contribution in [0.1, 0.15) is 83.5 Å². The molecule has 0 aliphatic heterocycles. The fourth-order valence-corrected chi connectivity index (χ4v) is 11.2. The van der Waals surface area contributed by atoms with Gasteiger partial charge in [-0.2, -0.15) is 0 Å². The van der Waals surface area contributed by atoms with E-state index >= 15 is 0 Å². The first kappa shape index (κ1) is 54.8. The zero-order valence-electron chi connectivity index (χ0n) is 45.4. The van der Waals surface area contributed by atoms with E-state index in [1.165, 1.54) is 0 Å². The average Bonchev–Trinajstić information content (AvgIpc) is 4.38. The number of hydrogen-bond donors (Lipinski definition) is 8. The molecule has 20 nitrogen and oxygen atoms in total. The number of nitrogens with zero attached hydrogens (tertiary/aromatic N) is 11. The van der Waals surface area contributed by atoms with Gasteiger partial charge < -0.3 is 55.4 Å². The van der Waals surface area contributed by atoms with E-state index in [-0.39, 0.29) is 12.1 Å². The highest BCUT2D eigenvalue weighted by Gasteiger charge is 2.24. The van der Waals surface area contributed by atoms with Crippen LogP contribution in [-0.2, 0) is 11.3 Å². The summed E-state index contributed by atoms with van der Waals surface area (Å²) in [6.07, 6.45) is 29.6. The van der Waals surface area contributed by atoms with Gasteiger partial charge in [0.2, 0.25) is 17.8 Å². The summed E-state index contributed by atoms with van der Waals surface area (Å²) in [6.45, 7) is 1.35. The number of aliphatic hydroxyl groups is 3. The highest BCUT2D eigenvalue weighted by atomic mass is 16.5. The van der Waals surface area contributed by atoms with Crippen LogP contribution >= 0.6 is 0 Å². The van der Waals surface area contributed by atoms with Crippen molar-refractivity contribution in [3.05, 3.63) is 110 Å². The lowest BCUT2D eigenvalue weighted by atomic mass is 9.84. The van der Waals surface area contributed by atoms with Gasteiger partial charge in [-0.15, -0.1) is 0 Å². The molecule has 0 spiro atoms. The van der Waals surface area contributed by atoms with Gasteiger partial charge >= 0.3 is 0 Å².